The van der Waals surface area contributed by atoms with Crippen LogP contribution >= 0.6 is 0 Å². The van der Waals surface area contributed by atoms with Gasteiger partial charge in [-0.1, -0.05) is 12.1 Å². The van der Waals surface area contributed by atoms with Crippen LogP contribution in [0.1, 0.15) is 18.1 Å². The molecule has 0 saturated carbocycles. The molecule has 1 aliphatic heterocycles. The van der Waals surface area contributed by atoms with Crippen LogP contribution in [-0.2, 0) is 13.0 Å². The summed E-state index contributed by atoms with van der Waals surface area (Å²) in [5, 5.41) is 3.19. The number of benzene rings is 1. The van der Waals surface area contributed by atoms with Crippen LogP contribution in [0.15, 0.2) is 18.2 Å². The number of anilines is 1. The summed E-state index contributed by atoms with van der Waals surface area (Å²) in [6.07, 6.45) is 1.21. The van der Waals surface area contributed by atoms with Crippen molar-refractivity contribution in [2.45, 2.75) is 19.9 Å². The molecule has 1 aliphatic rings. The van der Waals surface area contributed by atoms with Gasteiger partial charge in [0, 0.05) is 25.3 Å². The zero-order valence-corrected chi connectivity index (χ0v) is 9.01. The smallest absolute Gasteiger partial charge is 0.0399 e. The number of rotatable bonds is 3. The van der Waals surface area contributed by atoms with Crippen LogP contribution in [0.25, 0.3) is 0 Å². The molecule has 0 spiro atoms. The van der Waals surface area contributed by atoms with Crippen molar-refractivity contribution in [1.82, 2.24) is 5.32 Å². The van der Waals surface area contributed by atoms with Gasteiger partial charge in [0.2, 0.25) is 0 Å². The van der Waals surface area contributed by atoms with Crippen LogP contribution in [-0.4, -0.2) is 20.1 Å². The van der Waals surface area contributed by atoms with E-state index in [2.05, 4.69) is 35.3 Å². The second-order valence-corrected chi connectivity index (χ2v) is 3.82. The molecule has 0 aromatic heterocycles. The first-order chi connectivity index (χ1) is 6.85. The molecule has 0 saturated heterocycles. The molecule has 0 bridgehead atoms. The number of hydrogen-bond acceptors (Lipinski definition) is 2. The molecule has 0 atom stereocenters. The molecule has 2 heteroatoms. The molecular weight excluding hydrogens is 172 g/mol. The lowest BCUT2D eigenvalue weighted by Crippen LogP contribution is -2.19. The van der Waals surface area contributed by atoms with Gasteiger partial charge in [0.15, 0.2) is 0 Å². The zero-order chi connectivity index (χ0) is 9.97. The number of hydrogen-bond donors (Lipinski definition) is 1. The molecule has 2 rings (SSSR count). The molecule has 0 amide bonds. The van der Waals surface area contributed by atoms with E-state index in [9.17, 15) is 0 Å². The van der Waals surface area contributed by atoms with Crippen LogP contribution in [0.5, 0.6) is 0 Å². The summed E-state index contributed by atoms with van der Waals surface area (Å²) in [4.78, 5) is 2.44. The summed E-state index contributed by atoms with van der Waals surface area (Å²) in [7, 11) is 1.99. The van der Waals surface area contributed by atoms with Gasteiger partial charge in [0.1, 0.15) is 0 Å². The lowest BCUT2D eigenvalue weighted by atomic mass is 10.1. The molecule has 2 nitrogen and oxygen atoms in total. The average Bonchev–Trinajstić information content (AvgIpc) is 2.60. The maximum absolute atomic E-state index is 3.19. The van der Waals surface area contributed by atoms with Gasteiger partial charge in [-0.05, 0) is 37.6 Å². The molecule has 1 N–H and O–H groups in total. The topological polar surface area (TPSA) is 15.3 Å². The third-order valence-electron chi connectivity index (χ3n) is 2.90. The SMILES string of the molecule is CCN1CCc2cc(CNC)ccc21. The van der Waals surface area contributed by atoms with E-state index in [0.29, 0.717) is 0 Å². The van der Waals surface area contributed by atoms with Gasteiger partial charge >= 0.3 is 0 Å². The number of likely N-dealkylation sites (N-methyl/N-ethyl adjacent to an activating group) is 1. The van der Waals surface area contributed by atoms with Crippen LogP contribution in [0, 0.1) is 0 Å². The molecule has 14 heavy (non-hydrogen) atoms. The Hall–Kier alpha value is -1.02. The monoisotopic (exact) mass is 190 g/mol. The Kier molecular flexibility index (Phi) is 2.73. The van der Waals surface area contributed by atoms with Crippen LogP contribution in [0.4, 0.5) is 5.69 Å². The highest BCUT2D eigenvalue weighted by Crippen LogP contribution is 2.28. The minimum atomic E-state index is 0.972. The summed E-state index contributed by atoms with van der Waals surface area (Å²) in [6.45, 7) is 5.50. The Labute approximate surface area is 85.9 Å². The predicted octanol–water partition coefficient (Wildman–Crippen LogP) is 1.79. The lowest BCUT2D eigenvalue weighted by Gasteiger charge is -2.16. The van der Waals surface area contributed by atoms with E-state index in [4.69, 9.17) is 0 Å². The molecule has 76 valence electrons. The molecule has 0 unspecified atom stereocenters. The predicted molar refractivity (Wildman–Crippen MR) is 60.8 cm³/mol. The third-order valence-corrected chi connectivity index (χ3v) is 2.90. The van der Waals surface area contributed by atoms with E-state index >= 15 is 0 Å². The molecule has 0 aliphatic carbocycles. The fourth-order valence-corrected chi connectivity index (χ4v) is 2.17. The van der Waals surface area contributed by atoms with Crippen LogP contribution < -0.4 is 10.2 Å². The Morgan fingerprint density at radius 1 is 1.43 bits per heavy atom. The normalized spacial score (nSPS) is 14.6. The number of nitrogens with one attached hydrogen (secondary N) is 1. The van der Waals surface area contributed by atoms with Gasteiger partial charge in [-0.2, -0.15) is 0 Å². The minimum absolute atomic E-state index is 0.972. The van der Waals surface area contributed by atoms with Crippen molar-refractivity contribution in [1.29, 1.82) is 0 Å². The fraction of sp³-hybridized carbons (Fsp3) is 0.500. The van der Waals surface area contributed by atoms with Crippen molar-refractivity contribution < 1.29 is 0 Å². The van der Waals surface area contributed by atoms with Crippen molar-refractivity contribution >= 4 is 5.69 Å². The summed E-state index contributed by atoms with van der Waals surface area (Å²) >= 11 is 0. The van der Waals surface area contributed by atoms with Gasteiger partial charge in [-0.15, -0.1) is 0 Å². The van der Waals surface area contributed by atoms with Crippen molar-refractivity contribution in [3.05, 3.63) is 29.3 Å². The first-order valence-corrected chi connectivity index (χ1v) is 5.36. The summed E-state index contributed by atoms with van der Waals surface area (Å²) in [5.74, 6) is 0. The third kappa shape index (κ3) is 1.62. The molecule has 0 fully saturated rings. The van der Waals surface area contributed by atoms with E-state index in [-0.39, 0.29) is 0 Å². The minimum Gasteiger partial charge on any atom is -0.371 e. The van der Waals surface area contributed by atoms with Crippen molar-refractivity contribution in [2.24, 2.45) is 0 Å². The second-order valence-electron chi connectivity index (χ2n) is 3.82. The first kappa shape index (κ1) is 9.53. The van der Waals surface area contributed by atoms with Crippen molar-refractivity contribution in [3.63, 3.8) is 0 Å². The highest BCUT2D eigenvalue weighted by atomic mass is 15.1. The Balaban J connectivity index is 2.25. The van der Waals surface area contributed by atoms with E-state index < -0.39 is 0 Å². The zero-order valence-electron chi connectivity index (χ0n) is 9.01. The van der Waals surface area contributed by atoms with Gasteiger partial charge in [0.05, 0.1) is 0 Å². The molecule has 1 heterocycles. The Morgan fingerprint density at radius 2 is 2.29 bits per heavy atom. The molecule has 1 aromatic rings. The Bertz CT molecular complexity index is 320. The summed E-state index contributed by atoms with van der Waals surface area (Å²) in [5.41, 5.74) is 4.34. The van der Waals surface area contributed by atoms with E-state index in [1.54, 1.807) is 0 Å². The van der Waals surface area contributed by atoms with Gasteiger partial charge in [-0.25, -0.2) is 0 Å². The van der Waals surface area contributed by atoms with Crippen LogP contribution in [0.3, 0.4) is 0 Å². The Morgan fingerprint density at radius 3 is 3.00 bits per heavy atom. The maximum Gasteiger partial charge on any atom is 0.0399 e. The standard InChI is InChI=1S/C12H18N2/c1-3-14-7-6-11-8-10(9-13-2)4-5-12(11)14/h4-5,8,13H,3,6-7,9H2,1-2H3. The van der Waals surface area contributed by atoms with Gasteiger partial charge in [0.25, 0.3) is 0 Å². The summed E-state index contributed by atoms with van der Waals surface area (Å²) in [6, 6.07) is 6.82. The van der Waals surface area contributed by atoms with Gasteiger partial charge in [-0.3, -0.25) is 0 Å². The highest BCUT2D eigenvalue weighted by Gasteiger charge is 2.16. The van der Waals surface area contributed by atoms with Gasteiger partial charge < -0.3 is 10.2 Å². The average molecular weight is 190 g/mol. The van der Waals surface area contributed by atoms with Crippen LogP contribution in [0.2, 0.25) is 0 Å². The lowest BCUT2D eigenvalue weighted by molar-refractivity contribution is 0.817. The molecule has 1 aromatic carbocycles. The highest BCUT2D eigenvalue weighted by molar-refractivity contribution is 5.58. The van der Waals surface area contributed by atoms with Crippen molar-refractivity contribution in [3.8, 4) is 0 Å². The fourth-order valence-electron chi connectivity index (χ4n) is 2.17. The summed E-state index contributed by atoms with van der Waals surface area (Å²) < 4.78 is 0. The molecule has 0 radical (unpaired) electrons. The van der Waals surface area contributed by atoms with E-state index in [0.717, 1.165) is 13.1 Å². The second kappa shape index (κ2) is 4.01. The van der Waals surface area contributed by atoms with Crippen molar-refractivity contribution in [2.75, 3.05) is 25.0 Å². The number of nitrogens with zero attached hydrogens (tertiary/aromatic N) is 1. The van der Waals surface area contributed by atoms with E-state index in [1.807, 2.05) is 7.05 Å². The largest absolute Gasteiger partial charge is 0.371 e. The van der Waals surface area contributed by atoms with E-state index in [1.165, 1.54) is 29.8 Å². The maximum atomic E-state index is 3.19. The molecular formula is C12H18N2. The first-order valence-electron chi connectivity index (χ1n) is 5.36. The quantitative estimate of drug-likeness (QED) is 0.781. The number of fused-ring (bicyclic) bond motifs is 1.